The summed E-state index contributed by atoms with van der Waals surface area (Å²) in [5.41, 5.74) is 0.756. The van der Waals surface area contributed by atoms with Crippen LogP contribution in [0, 0.1) is 5.92 Å². The molecule has 0 radical (unpaired) electrons. The van der Waals surface area contributed by atoms with Crippen molar-refractivity contribution in [2.24, 2.45) is 5.92 Å². The number of rotatable bonds is 3. The molecule has 0 spiro atoms. The standard InChI is InChI=1S/C14H18BrClN2O/c1-18-6-4-10(5-7-18)8-14(19)17-11-2-3-12(15)13(16)9-11/h2-3,9-10H,4-8H2,1H3,(H,17,19). The number of nitrogens with one attached hydrogen (secondary N) is 1. The third-order valence-corrected chi connectivity index (χ3v) is 4.75. The van der Waals surface area contributed by atoms with Crippen LogP contribution < -0.4 is 5.32 Å². The van der Waals surface area contributed by atoms with Gasteiger partial charge in [0.1, 0.15) is 0 Å². The number of hydrogen-bond donors (Lipinski definition) is 1. The summed E-state index contributed by atoms with van der Waals surface area (Å²) in [6.45, 7) is 2.17. The van der Waals surface area contributed by atoms with Crippen molar-refractivity contribution < 1.29 is 4.79 Å². The molecule has 1 amide bonds. The number of amides is 1. The highest BCUT2D eigenvalue weighted by Crippen LogP contribution is 2.26. The average molecular weight is 346 g/mol. The monoisotopic (exact) mass is 344 g/mol. The topological polar surface area (TPSA) is 32.3 Å². The fraction of sp³-hybridized carbons (Fsp3) is 0.500. The van der Waals surface area contributed by atoms with Crippen molar-refractivity contribution in [1.29, 1.82) is 0 Å². The number of likely N-dealkylation sites (tertiary alicyclic amines) is 1. The first-order chi connectivity index (χ1) is 9.04. The predicted molar refractivity (Wildman–Crippen MR) is 82.6 cm³/mol. The maximum absolute atomic E-state index is 12.0. The average Bonchev–Trinajstić information content (AvgIpc) is 2.37. The van der Waals surface area contributed by atoms with Gasteiger partial charge in [0.05, 0.1) is 5.02 Å². The molecule has 1 aromatic carbocycles. The minimum Gasteiger partial charge on any atom is -0.326 e. The number of halogens is 2. The maximum Gasteiger partial charge on any atom is 0.224 e. The molecule has 1 saturated heterocycles. The molecule has 0 saturated carbocycles. The molecule has 1 aromatic rings. The van der Waals surface area contributed by atoms with Crippen molar-refractivity contribution in [3.8, 4) is 0 Å². The third kappa shape index (κ3) is 4.48. The fourth-order valence-corrected chi connectivity index (χ4v) is 2.74. The van der Waals surface area contributed by atoms with Crippen molar-refractivity contribution in [2.75, 3.05) is 25.5 Å². The van der Waals surface area contributed by atoms with E-state index in [1.54, 1.807) is 6.07 Å². The summed E-state index contributed by atoms with van der Waals surface area (Å²) in [6.07, 6.45) is 2.80. The minimum absolute atomic E-state index is 0.0768. The molecule has 19 heavy (non-hydrogen) atoms. The van der Waals surface area contributed by atoms with E-state index >= 15 is 0 Å². The molecule has 0 aliphatic carbocycles. The Morgan fingerprint density at radius 2 is 2.16 bits per heavy atom. The fourth-order valence-electron chi connectivity index (χ4n) is 2.31. The minimum atomic E-state index is 0.0768. The van der Waals surface area contributed by atoms with Gasteiger partial charge in [0.2, 0.25) is 5.91 Å². The summed E-state index contributed by atoms with van der Waals surface area (Å²) in [7, 11) is 2.13. The second-order valence-electron chi connectivity index (χ2n) is 5.13. The molecule has 0 atom stereocenters. The van der Waals surface area contributed by atoms with Gasteiger partial charge in [-0.2, -0.15) is 0 Å². The molecule has 3 nitrogen and oxygen atoms in total. The summed E-state index contributed by atoms with van der Waals surface area (Å²) in [6, 6.07) is 5.45. The third-order valence-electron chi connectivity index (χ3n) is 3.52. The van der Waals surface area contributed by atoms with Crippen LogP contribution in [0.15, 0.2) is 22.7 Å². The van der Waals surface area contributed by atoms with Crippen molar-refractivity contribution in [3.05, 3.63) is 27.7 Å². The summed E-state index contributed by atoms with van der Waals surface area (Å²) >= 11 is 9.33. The Morgan fingerprint density at radius 1 is 1.47 bits per heavy atom. The molecule has 0 unspecified atom stereocenters. The first-order valence-electron chi connectivity index (χ1n) is 6.48. The van der Waals surface area contributed by atoms with Crippen LogP contribution >= 0.6 is 27.5 Å². The van der Waals surface area contributed by atoms with Crippen molar-refractivity contribution in [2.45, 2.75) is 19.3 Å². The van der Waals surface area contributed by atoms with Crippen LogP contribution in [0.3, 0.4) is 0 Å². The smallest absolute Gasteiger partial charge is 0.224 e. The Labute approximate surface area is 127 Å². The molecule has 5 heteroatoms. The van der Waals surface area contributed by atoms with Crippen LogP contribution in [-0.4, -0.2) is 30.9 Å². The second kappa shape index (κ2) is 6.73. The van der Waals surface area contributed by atoms with Crippen LogP contribution in [0.4, 0.5) is 5.69 Å². The van der Waals surface area contributed by atoms with E-state index in [-0.39, 0.29) is 5.91 Å². The SMILES string of the molecule is CN1CCC(CC(=O)Nc2ccc(Br)c(Cl)c2)CC1. The van der Waals surface area contributed by atoms with E-state index < -0.39 is 0 Å². The van der Waals surface area contributed by atoms with Crippen LogP contribution in [0.1, 0.15) is 19.3 Å². The summed E-state index contributed by atoms with van der Waals surface area (Å²) in [4.78, 5) is 14.3. The first-order valence-corrected chi connectivity index (χ1v) is 7.65. The quantitative estimate of drug-likeness (QED) is 0.904. The maximum atomic E-state index is 12.0. The lowest BCUT2D eigenvalue weighted by Crippen LogP contribution is -2.31. The van der Waals surface area contributed by atoms with Gasteiger partial charge >= 0.3 is 0 Å². The van der Waals surface area contributed by atoms with E-state index in [9.17, 15) is 4.79 Å². The number of benzene rings is 1. The van der Waals surface area contributed by atoms with Crippen LogP contribution in [0.25, 0.3) is 0 Å². The molecule has 1 fully saturated rings. The van der Waals surface area contributed by atoms with E-state index in [2.05, 4.69) is 33.2 Å². The Kier molecular flexibility index (Phi) is 5.25. The van der Waals surface area contributed by atoms with Gasteiger partial charge in [-0.15, -0.1) is 0 Å². The van der Waals surface area contributed by atoms with Gasteiger partial charge in [0.25, 0.3) is 0 Å². The van der Waals surface area contributed by atoms with Gasteiger partial charge < -0.3 is 10.2 Å². The van der Waals surface area contributed by atoms with Gasteiger partial charge in [-0.1, -0.05) is 11.6 Å². The van der Waals surface area contributed by atoms with Crippen LogP contribution in [-0.2, 0) is 4.79 Å². The Hall–Kier alpha value is -0.580. The molecule has 1 aliphatic heterocycles. The lowest BCUT2D eigenvalue weighted by molar-refractivity contribution is -0.117. The number of carbonyl (C=O) groups is 1. The van der Waals surface area contributed by atoms with Gasteiger partial charge in [-0.25, -0.2) is 0 Å². The predicted octanol–water partition coefficient (Wildman–Crippen LogP) is 3.77. The van der Waals surface area contributed by atoms with Gasteiger partial charge in [0.15, 0.2) is 0 Å². The zero-order chi connectivity index (χ0) is 13.8. The van der Waals surface area contributed by atoms with Gasteiger partial charge in [-0.05, 0) is 73.0 Å². The largest absolute Gasteiger partial charge is 0.326 e. The van der Waals surface area contributed by atoms with E-state index in [1.807, 2.05) is 12.1 Å². The molecule has 1 N–H and O–H groups in total. The van der Waals surface area contributed by atoms with E-state index in [1.165, 1.54) is 0 Å². The Bertz CT molecular complexity index is 459. The molecule has 1 heterocycles. The molecule has 0 aromatic heterocycles. The van der Waals surface area contributed by atoms with E-state index in [0.717, 1.165) is 36.1 Å². The lowest BCUT2D eigenvalue weighted by Gasteiger charge is -2.28. The van der Waals surface area contributed by atoms with Crippen molar-refractivity contribution in [1.82, 2.24) is 4.90 Å². The second-order valence-corrected chi connectivity index (χ2v) is 6.39. The Morgan fingerprint density at radius 3 is 2.79 bits per heavy atom. The number of piperidine rings is 1. The van der Waals surface area contributed by atoms with Gasteiger partial charge in [-0.3, -0.25) is 4.79 Å². The number of hydrogen-bond acceptors (Lipinski definition) is 2. The number of carbonyl (C=O) groups excluding carboxylic acids is 1. The van der Waals surface area contributed by atoms with Crippen molar-refractivity contribution >= 4 is 39.1 Å². The Balaban J connectivity index is 1.85. The molecule has 104 valence electrons. The zero-order valence-corrected chi connectivity index (χ0v) is 13.3. The lowest BCUT2D eigenvalue weighted by atomic mass is 9.93. The normalized spacial score (nSPS) is 17.4. The molecular weight excluding hydrogens is 328 g/mol. The highest BCUT2D eigenvalue weighted by atomic mass is 79.9. The van der Waals surface area contributed by atoms with E-state index in [0.29, 0.717) is 17.4 Å². The van der Waals surface area contributed by atoms with Crippen molar-refractivity contribution in [3.63, 3.8) is 0 Å². The van der Waals surface area contributed by atoms with Gasteiger partial charge in [0, 0.05) is 16.6 Å². The highest BCUT2D eigenvalue weighted by molar-refractivity contribution is 9.10. The molecule has 2 rings (SSSR count). The molecular formula is C14H18BrClN2O. The van der Waals surface area contributed by atoms with Crippen LogP contribution in [0.5, 0.6) is 0 Å². The summed E-state index contributed by atoms with van der Waals surface area (Å²) < 4.78 is 0.836. The first kappa shape index (κ1) is 14.8. The number of anilines is 1. The van der Waals surface area contributed by atoms with Crippen LogP contribution in [0.2, 0.25) is 5.02 Å². The summed E-state index contributed by atoms with van der Waals surface area (Å²) in [5.74, 6) is 0.579. The highest BCUT2D eigenvalue weighted by Gasteiger charge is 2.19. The molecule has 1 aliphatic rings. The van der Waals surface area contributed by atoms with E-state index in [4.69, 9.17) is 11.6 Å². The summed E-state index contributed by atoms with van der Waals surface area (Å²) in [5, 5.41) is 3.52. The molecule has 0 bridgehead atoms. The zero-order valence-electron chi connectivity index (χ0n) is 11.0. The number of nitrogens with zero attached hydrogens (tertiary/aromatic N) is 1.